The van der Waals surface area contributed by atoms with Crippen molar-refractivity contribution in [3.8, 4) is 0 Å². The number of esters is 1. The number of hydrogen-bond donors (Lipinski definition) is 1. The lowest BCUT2D eigenvalue weighted by Crippen LogP contribution is -2.55. The summed E-state index contributed by atoms with van der Waals surface area (Å²) < 4.78 is 6.32. The normalized spacial score (nSPS) is 55.8. The SMILES string of the molecule is CC1(C)CCC[C@]2(C)[C@@H]1CC[C@@]13C[C@@H](CC[C@H]12)[C@H](C(=O)OC[C@@]1(O)C[C@@]24CC[C@@H]5C(C)(C)CCC[C@@]5(C)[C@@H]2CC[C@@H]1C4)C3. The lowest BCUT2D eigenvalue weighted by Gasteiger charge is -2.64. The van der Waals surface area contributed by atoms with Gasteiger partial charge in [-0.05, 0) is 171 Å². The van der Waals surface area contributed by atoms with Crippen molar-refractivity contribution in [1.29, 1.82) is 0 Å². The summed E-state index contributed by atoms with van der Waals surface area (Å²) >= 11 is 0. The van der Waals surface area contributed by atoms with Crippen molar-refractivity contribution >= 4 is 5.97 Å². The van der Waals surface area contributed by atoms with Gasteiger partial charge in [0.2, 0.25) is 0 Å². The molecule has 8 rings (SSSR count). The van der Waals surface area contributed by atoms with Gasteiger partial charge in [-0.25, -0.2) is 0 Å². The van der Waals surface area contributed by atoms with Gasteiger partial charge >= 0.3 is 5.97 Å². The molecule has 0 aromatic heterocycles. The van der Waals surface area contributed by atoms with E-state index in [2.05, 4.69) is 41.5 Å². The third-order valence-electron chi connectivity index (χ3n) is 17.8. The second-order valence-electron chi connectivity index (χ2n) is 20.4. The highest BCUT2D eigenvalue weighted by molar-refractivity contribution is 5.73. The highest BCUT2D eigenvalue weighted by Crippen LogP contribution is 2.74. The molecule has 0 unspecified atom stereocenters. The Balaban J connectivity index is 0.962. The lowest BCUT2D eigenvalue weighted by atomic mass is 9.41. The molecule has 3 heteroatoms. The second kappa shape index (κ2) is 9.28. The van der Waals surface area contributed by atoms with Crippen LogP contribution in [0, 0.1) is 73.9 Å². The molecule has 2 spiro atoms. The van der Waals surface area contributed by atoms with E-state index >= 15 is 0 Å². The molecule has 0 radical (unpaired) electrons. The molecule has 3 nitrogen and oxygen atoms in total. The molecule has 8 aliphatic carbocycles. The van der Waals surface area contributed by atoms with E-state index in [0.717, 1.165) is 42.9 Å². The maximum atomic E-state index is 14.0. The predicted octanol–water partition coefficient (Wildman–Crippen LogP) is 9.74. The molecule has 43 heavy (non-hydrogen) atoms. The monoisotopic (exact) mass is 592 g/mol. The number of carbonyl (C=O) groups excluding carboxylic acids is 1. The summed E-state index contributed by atoms with van der Waals surface area (Å²) in [5.74, 6) is 4.09. The van der Waals surface area contributed by atoms with Crippen molar-refractivity contribution in [3.63, 3.8) is 0 Å². The van der Waals surface area contributed by atoms with Crippen LogP contribution in [0.15, 0.2) is 0 Å². The minimum Gasteiger partial charge on any atom is -0.462 e. The van der Waals surface area contributed by atoms with Crippen molar-refractivity contribution < 1.29 is 14.6 Å². The number of aliphatic hydroxyl groups is 1. The van der Waals surface area contributed by atoms with Crippen LogP contribution in [0.2, 0.25) is 0 Å². The largest absolute Gasteiger partial charge is 0.462 e. The Morgan fingerprint density at radius 2 is 1.23 bits per heavy atom. The Morgan fingerprint density at radius 3 is 1.88 bits per heavy atom. The molecule has 0 aliphatic heterocycles. The van der Waals surface area contributed by atoms with Gasteiger partial charge in [0.1, 0.15) is 12.2 Å². The third-order valence-corrected chi connectivity index (χ3v) is 17.8. The first kappa shape index (κ1) is 29.8. The Morgan fingerprint density at radius 1 is 0.651 bits per heavy atom. The van der Waals surface area contributed by atoms with E-state index in [4.69, 9.17) is 4.74 Å². The summed E-state index contributed by atoms with van der Waals surface area (Å²) in [4.78, 5) is 14.0. The van der Waals surface area contributed by atoms with Crippen LogP contribution >= 0.6 is 0 Å². The van der Waals surface area contributed by atoms with Crippen molar-refractivity contribution in [2.24, 2.45) is 73.9 Å². The van der Waals surface area contributed by atoms with Gasteiger partial charge in [0.05, 0.1) is 5.92 Å². The molecule has 0 heterocycles. The molecule has 0 aromatic carbocycles. The summed E-state index contributed by atoms with van der Waals surface area (Å²) in [5, 5.41) is 12.3. The Bertz CT molecular complexity index is 1160. The Kier molecular flexibility index (Phi) is 6.43. The smallest absolute Gasteiger partial charge is 0.309 e. The highest BCUT2D eigenvalue weighted by Gasteiger charge is 2.68. The number of ether oxygens (including phenoxy) is 1. The average Bonchev–Trinajstić information content (AvgIpc) is 3.31. The summed E-state index contributed by atoms with van der Waals surface area (Å²) in [6.07, 6.45) is 22.8. The molecule has 8 aliphatic rings. The van der Waals surface area contributed by atoms with E-state index in [-0.39, 0.29) is 23.9 Å². The molecule has 8 fully saturated rings. The zero-order valence-corrected chi connectivity index (χ0v) is 28.7. The zero-order valence-electron chi connectivity index (χ0n) is 28.7. The van der Waals surface area contributed by atoms with E-state index in [9.17, 15) is 9.90 Å². The minimum absolute atomic E-state index is 0.0485. The van der Waals surface area contributed by atoms with Crippen molar-refractivity contribution in [2.45, 2.75) is 163 Å². The lowest BCUT2D eigenvalue weighted by molar-refractivity contribution is -0.161. The first-order valence-corrected chi connectivity index (χ1v) is 19.1. The van der Waals surface area contributed by atoms with Gasteiger partial charge in [0, 0.05) is 0 Å². The fourth-order valence-electron chi connectivity index (χ4n) is 16.5. The fourth-order valence-corrected chi connectivity index (χ4v) is 16.5. The maximum absolute atomic E-state index is 14.0. The van der Waals surface area contributed by atoms with Crippen molar-refractivity contribution in [2.75, 3.05) is 6.61 Å². The predicted molar refractivity (Wildman–Crippen MR) is 172 cm³/mol. The van der Waals surface area contributed by atoms with Crippen LogP contribution < -0.4 is 0 Å². The Hall–Kier alpha value is -0.570. The summed E-state index contributed by atoms with van der Waals surface area (Å²) in [5.41, 5.74) is 1.57. The van der Waals surface area contributed by atoms with Crippen LogP contribution in [0.1, 0.15) is 157 Å². The molecule has 0 saturated heterocycles. The molecule has 1 N–H and O–H groups in total. The minimum atomic E-state index is -0.814. The van der Waals surface area contributed by atoms with Crippen LogP contribution in [0.5, 0.6) is 0 Å². The molecule has 8 saturated carbocycles. The standard InChI is InChI=1S/C40H64O3/c1-34(2)15-7-17-36(5)29(34)13-19-38-21-26(9-11-31(36)38)28(23-38)33(41)43-25-40(42)24-39-20-14-30-35(3,4)16-8-18-37(30,6)32(39)12-10-27(40)22-39/h26-32,42H,7-25H2,1-6H3/t26-,27-,28-,29-,30-,31+,32+,36-,37-,38+,39+,40+/m1/s1. The molecule has 0 amide bonds. The summed E-state index contributed by atoms with van der Waals surface area (Å²) in [6.45, 7) is 15.7. The van der Waals surface area contributed by atoms with E-state index in [0.29, 0.717) is 38.9 Å². The molecular formula is C40H64O3. The second-order valence-corrected chi connectivity index (χ2v) is 20.4. The number of hydrogen-bond acceptors (Lipinski definition) is 3. The summed E-state index contributed by atoms with van der Waals surface area (Å²) in [7, 11) is 0. The molecular weight excluding hydrogens is 528 g/mol. The van der Waals surface area contributed by atoms with Gasteiger partial charge in [-0.1, -0.05) is 54.4 Å². The fraction of sp³-hybridized carbons (Fsp3) is 0.975. The van der Waals surface area contributed by atoms with Crippen LogP contribution in [0.25, 0.3) is 0 Å². The van der Waals surface area contributed by atoms with E-state index in [1.807, 2.05) is 0 Å². The molecule has 0 aromatic rings. The van der Waals surface area contributed by atoms with Gasteiger partial charge < -0.3 is 9.84 Å². The Labute approximate surface area is 263 Å². The average molecular weight is 593 g/mol. The summed E-state index contributed by atoms with van der Waals surface area (Å²) in [6, 6.07) is 0. The van der Waals surface area contributed by atoms with Crippen LogP contribution in [-0.4, -0.2) is 23.3 Å². The maximum Gasteiger partial charge on any atom is 0.309 e. The topological polar surface area (TPSA) is 46.5 Å². The number of carbonyl (C=O) groups is 1. The van der Waals surface area contributed by atoms with Gasteiger partial charge in [0.25, 0.3) is 0 Å². The number of rotatable bonds is 3. The van der Waals surface area contributed by atoms with E-state index in [1.54, 1.807) is 0 Å². The van der Waals surface area contributed by atoms with Gasteiger partial charge in [0.15, 0.2) is 0 Å². The molecule has 4 bridgehead atoms. The van der Waals surface area contributed by atoms with Crippen LogP contribution in [0.3, 0.4) is 0 Å². The van der Waals surface area contributed by atoms with E-state index in [1.165, 1.54) is 96.3 Å². The van der Waals surface area contributed by atoms with Crippen LogP contribution in [-0.2, 0) is 9.53 Å². The first-order chi connectivity index (χ1) is 20.2. The van der Waals surface area contributed by atoms with Crippen molar-refractivity contribution in [1.82, 2.24) is 0 Å². The van der Waals surface area contributed by atoms with Crippen LogP contribution in [0.4, 0.5) is 0 Å². The highest BCUT2D eigenvalue weighted by atomic mass is 16.5. The van der Waals surface area contributed by atoms with Gasteiger partial charge in [-0.2, -0.15) is 0 Å². The zero-order chi connectivity index (χ0) is 30.3. The molecule has 242 valence electrons. The van der Waals surface area contributed by atoms with Gasteiger partial charge in [-0.15, -0.1) is 0 Å². The third kappa shape index (κ3) is 4.03. The van der Waals surface area contributed by atoms with E-state index < -0.39 is 5.60 Å². The molecule has 12 atom stereocenters. The van der Waals surface area contributed by atoms with Crippen molar-refractivity contribution in [3.05, 3.63) is 0 Å². The first-order valence-electron chi connectivity index (χ1n) is 19.1. The quantitative estimate of drug-likeness (QED) is 0.332. The van der Waals surface area contributed by atoms with Gasteiger partial charge in [-0.3, -0.25) is 4.79 Å². The number of fused-ring (bicyclic) bond motifs is 6.